The standard InChI is InChI=1S/C28H29FN2O3/c1-5-30(21-13-10-18(2)25(29)17-21)28(33)24-16-19(3)31(26-9-7-6-8-23(24)26)27(32)20-11-14-22(34-4)15-12-20/h6-15,17,19,24H,5,16H2,1-4H3/t19-,24-/m1/s1. The van der Waals surface area contributed by atoms with Crippen molar-refractivity contribution in [1.29, 1.82) is 0 Å². The van der Waals surface area contributed by atoms with Gasteiger partial charge < -0.3 is 14.5 Å². The van der Waals surface area contributed by atoms with Crippen molar-refractivity contribution >= 4 is 23.2 Å². The minimum absolute atomic E-state index is 0.0957. The van der Waals surface area contributed by atoms with Crippen LogP contribution in [-0.4, -0.2) is 31.5 Å². The number of nitrogens with zero attached hydrogens (tertiary/aromatic N) is 2. The van der Waals surface area contributed by atoms with E-state index in [1.807, 2.05) is 38.1 Å². The molecule has 3 aromatic rings. The Labute approximate surface area is 199 Å². The topological polar surface area (TPSA) is 49.9 Å². The average molecular weight is 461 g/mol. The summed E-state index contributed by atoms with van der Waals surface area (Å²) in [6, 6.07) is 19.2. The first-order valence-corrected chi connectivity index (χ1v) is 11.5. The summed E-state index contributed by atoms with van der Waals surface area (Å²) in [5.74, 6) is -0.308. The molecule has 0 radical (unpaired) electrons. The second kappa shape index (κ2) is 9.67. The van der Waals surface area contributed by atoms with E-state index in [0.29, 0.717) is 35.5 Å². The maximum atomic E-state index is 14.2. The van der Waals surface area contributed by atoms with Crippen LogP contribution in [0, 0.1) is 12.7 Å². The molecule has 2 atom stereocenters. The van der Waals surface area contributed by atoms with Gasteiger partial charge in [0.15, 0.2) is 0 Å². The highest BCUT2D eigenvalue weighted by Gasteiger charge is 2.38. The van der Waals surface area contributed by atoms with Crippen LogP contribution in [0.15, 0.2) is 66.7 Å². The second-order valence-corrected chi connectivity index (χ2v) is 8.62. The van der Waals surface area contributed by atoms with Crippen molar-refractivity contribution in [3.8, 4) is 5.75 Å². The SMILES string of the molecule is CCN(C(=O)[C@@H]1C[C@@H](C)N(C(=O)c2ccc(OC)cc2)c2ccccc21)c1ccc(C)c(F)c1. The van der Waals surface area contributed by atoms with Gasteiger partial charge in [-0.1, -0.05) is 24.3 Å². The highest BCUT2D eigenvalue weighted by molar-refractivity contribution is 6.09. The molecule has 0 saturated heterocycles. The molecule has 1 aliphatic rings. The second-order valence-electron chi connectivity index (χ2n) is 8.62. The van der Waals surface area contributed by atoms with E-state index < -0.39 is 5.92 Å². The van der Waals surface area contributed by atoms with Crippen LogP contribution in [0.4, 0.5) is 15.8 Å². The fraction of sp³-hybridized carbons (Fsp3) is 0.286. The van der Waals surface area contributed by atoms with Gasteiger partial charge in [0.1, 0.15) is 11.6 Å². The minimum Gasteiger partial charge on any atom is -0.497 e. The number of hydrogen-bond donors (Lipinski definition) is 0. The highest BCUT2D eigenvalue weighted by atomic mass is 19.1. The number of benzene rings is 3. The molecule has 6 heteroatoms. The number of fused-ring (bicyclic) bond motifs is 1. The van der Waals surface area contributed by atoms with Gasteiger partial charge >= 0.3 is 0 Å². The van der Waals surface area contributed by atoms with E-state index in [9.17, 15) is 14.0 Å². The fourth-order valence-corrected chi connectivity index (χ4v) is 4.63. The molecular weight excluding hydrogens is 431 g/mol. The summed E-state index contributed by atoms with van der Waals surface area (Å²) in [4.78, 5) is 30.6. The number of aryl methyl sites for hydroxylation is 1. The van der Waals surface area contributed by atoms with E-state index >= 15 is 0 Å². The summed E-state index contributed by atoms with van der Waals surface area (Å²) in [7, 11) is 1.58. The largest absolute Gasteiger partial charge is 0.497 e. The zero-order valence-corrected chi connectivity index (χ0v) is 19.9. The van der Waals surface area contributed by atoms with E-state index in [0.717, 1.165) is 11.3 Å². The molecule has 0 bridgehead atoms. The number of amides is 2. The van der Waals surface area contributed by atoms with Gasteiger partial charge in [0.2, 0.25) is 5.91 Å². The molecule has 0 fully saturated rings. The minimum atomic E-state index is -0.435. The third-order valence-electron chi connectivity index (χ3n) is 6.49. The van der Waals surface area contributed by atoms with Crippen molar-refractivity contribution in [2.24, 2.45) is 0 Å². The van der Waals surface area contributed by atoms with Crippen LogP contribution in [0.25, 0.3) is 0 Å². The Morgan fingerprint density at radius 2 is 1.79 bits per heavy atom. The van der Waals surface area contributed by atoms with E-state index in [1.54, 1.807) is 60.2 Å². The summed E-state index contributed by atoms with van der Waals surface area (Å²) < 4.78 is 19.4. The molecule has 2 amide bonds. The molecule has 1 heterocycles. The molecule has 0 aliphatic carbocycles. The zero-order valence-electron chi connectivity index (χ0n) is 19.9. The molecule has 0 spiro atoms. The van der Waals surface area contributed by atoms with Gasteiger partial charge in [-0.25, -0.2) is 4.39 Å². The number of hydrogen-bond acceptors (Lipinski definition) is 3. The van der Waals surface area contributed by atoms with Crippen LogP contribution in [0.2, 0.25) is 0 Å². The molecule has 4 rings (SSSR count). The molecule has 1 aliphatic heterocycles. The first-order valence-electron chi connectivity index (χ1n) is 11.5. The molecular formula is C28H29FN2O3. The van der Waals surface area contributed by atoms with Gasteiger partial charge in [-0.3, -0.25) is 9.59 Å². The zero-order chi connectivity index (χ0) is 24.4. The third kappa shape index (κ3) is 4.28. The van der Waals surface area contributed by atoms with Crippen LogP contribution in [0.1, 0.15) is 47.7 Å². The lowest BCUT2D eigenvalue weighted by Gasteiger charge is -2.40. The Bertz CT molecular complexity index is 1210. The van der Waals surface area contributed by atoms with Crippen molar-refractivity contribution < 1.29 is 18.7 Å². The lowest BCUT2D eigenvalue weighted by molar-refractivity contribution is -0.120. The van der Waals surface area contributed by atoms with Crippen LogP contribution in [-0.2, 0) is 4.79 Å². The number of halogens is 1. The van der Waals surface area contributed by atoms with Crippen molar-refractivity contribution in [3.05, 3.63) is 89.2 Å². The van der Waals surface area contributed by atoms with E-state index in [1.165, 1.54) is 6.07 Å². The number of methoxy groups -OCH3 is 1. The maximum absolute atomic E-state index is 14.2. The molecule has 0 unspecified atom stereocenters. The fourth-order valence-electron chi connectivity index (χ4n) is 4.63. The molecule has 0 aromatic heterocycles. The molecule has 3 aromatic carbocycles. The van der Waals surface area contributed by atoms with Gasteiger partial charge in [0, 0.05) is 29.5 Å². The van der Waals surface area contributed by atoms with Crippen LogP contribution < -0.4 is 14.5 Å². The number of likely N-dealkylation sites (N-methyl/N-ethyl adjacent to an activating group) is 1. The lowest BCUT2D eigenvalue weighted by Crippen LogP contribution is -2.46. The number of para-hydroxylation sites is 1. The Hall–Kier alpha value is -3.67. The van der Waals surface area contributed by atoms with Crippen molar-refractivity contribution in [1.82, 2.24) is 0 Å². The van der Waals surface area contributed by atoms with Gasteiger partial charge in [0.05, 0.1) is 13.0 Å². The quantitative estimate of drug-likeness (QED) is 0.489. The number of ether oxygens (including phenoxy) is 1. The van der Waals surface area contributed by atoms with Crippen molar-refractivity contribution in [2.75, 3.05) is 23.5 Å². The predicted octanol–water partition coefficient (Wildman–Crippen LogP) is 5.72. The number of carbonyl (C=O) groups is 2. The number of carbonyl (C=O) groups excluding carboxylic acids is 2. The molecule has 0 saturated carbocycles. The van der Waals surface area contributed by atoms with Gasteiger partial charge in [-0.05, 0) is 80.8 Å². The monoisotopic (exact) mass is 460 g/mol. The maximum Gasteiger partial charge on any atom is 0.258 e. The Kier molecular flexibility index (Phi) is 6.68. The van der Waals surface area contributed by atoms with Crippen molar-refractivity contribution in [2.45, 2.75) is 39.2 Å². The van der Waals surface area contributed by atoms with Gasteiger partial charge in [0.25, 0.3) is 5.91 Å². The van der Waals surface area contributed by atoms with Crippen molar-refractivity contribution in [3.63, 3.8) is 0 Å². The molecule has 34 heavy (non-hydrogen) atoms. The average Bonchev–Trinajstić information content (AvgIpc) is 2.85. The van der Waals surface area contributed by atoms with Gasteiger partial charge in [-0.2, -0.15) is 0 Å². The smallest absolute Gasteiger partial charge is 0.258 e. The summed E-state index contributed by atoms with van der Waals surface area (Å²) in [5, 5.41) is 0. The summed E-state index contributed by atoms with van der Waals surface area (Å²) >= 11 is 0. The van der Waals surface area contributed by atoms with Crippen LogP contribution in [0.3, 0.4) is 0 Å². The highest BCUT2D eigenvalue weighted by Crippen LogP contribution is 2.41. The summed E-state index contributed by atoms with van der Waals surface area (Å²) in [5.41, 5.74) is 3.16. The Balaban J connectivity index is 1.69. The number of anilines is 2. The van der Waals surface area contributed by atoms with E-state index in [4.69, 9.17) is 4.74 Å². The predicted molar refractivity (Wildman–Crippen MR) is 132 cm³/mol. The lowest BCUT2D eigenvalue weighted by atomic mass is 9.84. The third-order valence-corrected chi connectivity index (χ3v) is 6.49. The first-order chi connectivity index (χ1) is 16.3. The normalized spacial score (nSPS) is 17.1. The van der Waals surface area contributed by atoms with Crippen LogP contribution >= 0.6 is 0 Å². The molecule has 0 N–H and O–H groups in total. The summed E-state index contributed by atoms with van der Waals surface area (Å²) in [6.07, 6.45) is 0.475. The Morgan fingerprint density at radius 3 is 2.44 bits per heavy atom. The summed E-state index contributed by atoms with van der Waals surface area (Å²) in [6.45, 7) is 5.96. The number of rotatable bonds is 5. The van der Waals surface area contributed by atoms with Crippen LogP contribution in [0.5, 0.6) is 5.75 Å². The van der Waals surface area contributed by atoms with Gasteiger partial charge in [-0.15, -0.1) is 0 Å². The Morgan fingerprint density at radius 1 is 1.09 bits per heavy atom. The first kappa shape index (κ1) is 23.5. The van der Waals surface area contributed by atoms with E-state index in [-0.39, 0.29) is 23.7 Å². The molecule has 5 nitrogen and oxygen atoms in total. The van der Waals surface area contributed by atoms with E-state index in [2.05, 4.69) is 0 Å². The molecule has 176 valence electrons.